The van der Waals surface area contributed by atoms with Gasteiger partial charge in [0.05, 0.1) is 47.6 Å². The number of aliphatic hydroxyl groups is 5. The zero-order chi connectivity index (χ0) is 39.0. The summed E-state index contributed by atoms with van der Waals surface area (Å²) in [5, 5.41) is 57.6. The van der Waals surface area contributed by atoms with Gasteiger partial charge in [0.2, 0.25) is 0 Å². The lowest BCUT2D eigenvalue weighted by Gasteiger charge is -2.49. The predicted octanol–water partition coefficient (Wildman–Crippen LogP) is 1.79. The van der Waals surface area contributed by atoms with Crippen molar-refractivity contribution in [3.05, 3.63) is 0 Å². The van der Waals surface area contributed by atoms with Gasteiger partial charge in [-0.05, 0) is 74.9 Å². The third-order valence-electron chi connectivity index (χ3n) is 11.8. The second-order valence-electron chi connectivity index (χ2n) is 16.5. The molecule has 14 heteroatoms. The van der Waals surface area contributed by atoms with E-state index in [1.54, 1.807) is 41.5 Å². The molecular weight excluding hydrogens is 666 g/mol. The van der Waals surface area contributed by atoms with Crippen LogP contribution in [0.15, 0.2) is 0 Å². The molecule has 0 radical (unpaired) electrons. The number of nitrogens with zero attached hydrogens (tertiary/aromatic N) is 1. The largest absolute Gasteiger partial charge is 0.459 e. The molecule has 0 saturated carbocycles. The first-order valence-corrected chi connectivity index (χ1v) is 18.5. The van der Waals surface area contributed by atoms with Crippen molar-refractivity contribution < 1.29 is 63.5 Å². The van der Waals surface area contributed by atoms with Gasteiger partial charge in [0, 0.05) is 37.3 Å². The maximum absolute atomic E-state index is 14.1. The van der Waals surface area contributed by atoms with E-state index >= 15 is 0 Å². The molecule has 0 bridgehead atoms. The van der Waals surface area contributed by atoms with Gasteiger partial charge < -0.3 is 58.9 Å². The van der Waals surface area contributed by atoms with Crippen LogP contribution in [0.4, 0.5) is 0 Å². The number of cyclic esters (lactones) is 1. The van der Waals surface area contributed by atoms with Crippen molar-refractivity contribution in [3.8, 4) is 0 Å². The number of likely N-dealkylation sites (N-methyl/N-ethyl adjacent to an activating group) is 1. The summed E-state index contributed by atoms with van der Waals surface area (Å²) in [5.41, 5.74) is -4.84. The van der Waals surface area contributed by atoms with Crippen LogP contribution in [0.2, 0.25) is 0 Å². The minimum Gasteiger partial charge on any atom is -0.459 e. The van der Waals surface area contributed by atoms with E-state index in [0.29, 0.717) is 6.42 Å². The van der Waals surface area contributed by atoms with Crippen LogP contribution in [-0.4, -0.2) is 148 Å². The normalized spacial score (nSPS) is 49.7. The number of rotatable bonds is 7. The van der Waals surface area contributed by atoms with Crippen LogP contribution in [0.25, 0.3) is 0 Å². The van der Waals surface area contributed by atoms with Crippen molar-refractivity contribution in [2.45, 2.75) is 179 Å². The van der Waals surface area contributed by atoms with Crippen LogP contribution in [0.1, 0.15) is 94.9 Å². The van der Waals surface area contributed by atoms with Crippen LogP contribution in [0.5, 0.6) is 0 Å². The summed E-state index contributed by atoms with van der Waals surface area (Å²) in [5.74, 6) is -4.98. The van der Waals surface area contributed by atoms with Crippen molar-refractivity contribution >= 4 is 11.8 Å². The summed E-state index contributed by atoms with van der Waals surface area (Å²) in [6.07, 6.45) is -9.71. The first-order valence-electron chi connectivity index (χ1n) is 18.5. The molecule has 3 saturated heterocycles. The van der Waals surface area contributed by atoms with Gasteiger partial charge in [-0.15, -0.1) is 0 Å². The summed E-state index contributed by atoms with van der Waals surface area (Å²) < 4.78 is 37.1. The maximum atomic E-state index is 14.1. The summed E-state index contributed by atoms with van der Waals surface area (Å²) in [7, 11) is 5.18. The first-order chi connectivity index (χ1) is 23.4. The molecule has 14 nitrogen and oxygen atoms in total. The average molecular weight is 734 g/mol. The molecule has 3 heterocycles. The lowest BCUT2D eigenvalue weighted by molar-refractivity contribution is -0.318. The number of hydrogen-bond acceptors (Lipinski definition) is 14. The Balaban J connectivity index is 2.18. The predicted molar refractivity (Wildman–Crippen MR) is 186 cm³/mol. The number of ether oxygens (including phenoxy) is 6. The molecule has 51 heavy (non-hydrogen) atoms. The van der Waals surface area contributed by atoms with E-state index in [4.69, 9.17) is 28.4 Å². The molecule has 5 N–H and O–H groups in total. The third-order valence-corrected chi connectivity index (χ3v) is 11.8. The van der Waals surface area contributed by atoms with Gasteiger partial charge in [0.15, 0.2) is 12.6 Å². The number of hydrogen-bond donors (Lipinski definition) is 5. The number of carbonyl (C=O) groups is 2. The number of esters is 1. The fraction of sp³-hybridized carbons (Fsp3) is 0.946. The molecule has 3 rings (SSSR count). The second kappa shape index (κ2) is 17.0. The van der Waals surface area contributed by atoms with Crippen molar-refractivity contribution in [3.63, 3.8) is 0 Å². The Morgan fingerprint density at radius 3 is 2.04 bits per heavy atom. The van der Waals surface area contributed by atoms with Gasteiger partial charge in [-0.2, -0.15) is 0 Å². The van der Waals surface area contributed by atoms with E-state index in [0.717, 1.165) is 0 Å². The van der Waals surface area contributed by atoms with Gasteiger partial charge in [-0.1, -0.05) is 27.7 Å². The summed E-state index contributed by atoms with van der Waals surface area (Å²) in [4.78, 5) is 29.8. The monoisotopic (exact) mass is 733 g/mol. The molecule has 3 aliphatic rings. The van der Waals surface area contributed by atoms with Crippen molar-refractivity contribution in [1.82, 2.24) is 4.90 Å². The standard InChI is InChI=1S/C37H67NO13/c1-14-25-37(10,45)30(41)20(4)27(39)18(2)16-35(8,44)32(51-34-28(40)24(38(11)12)15-19(3)47-34)21(5)29(22(6)33(43)49-25)50-26-17-36(9,46-13)31(42)23(7)48-26/h18-26,28-32,34,40-42,44-45H,14-17H2,1-13H3/t18-,19-,20+,21+,22-,23-,24?,25-,26+,28?,29+,30-,31+,32-,34+,35-,36?,37-/m1/s1. The number of ketones is 1. The average Bonchev–Trinajstić information content (AvgIpc) is 3.05. The minimum absolute atomic E-state index is 0.0936. The highest BCUT2D eigenvalue weighted by Crippen LogP contribution is 2.40. The fourth-order valence-corrected chi connectivity index (χ4v) is 8.41. The highest BCUT2D eigenvalue weighted by molar-refractivity contribution is 5.83. The smallest absolute Gasteiger partial charge is 0.311 e. The van der Waals surface area contributed by atoms with Gasteiger partial charge in [0.1, 0.15) is 29.7 Å². The number of aliphatic hydroxyl groups excluding tert-OH is 3. The topological polar surface area (TPSA) is 194 Å². The molecule has 3 fully saturated rings. The van der Waals surface area contributed by atoms with E-state index in [2.05, 4.69) is 0 Å². The minimum atomic E-state index is -1.99. The molecule has 0 aromatic heterocycles. The zero-order valence-electron chi connectivity index (χ0n) is 32.9. The molecule has 0 aromatic carbocycles. The molecule has 0 aliphatic carbocycles. The molecule has 3 aliphatic heterocycles. The van der Waals surface area contributed by atoms with Gasteiger partial charge >= 0.3 is 5.97 Å². The van der Waals surface area contributed by atoms with Crippen molar-refractivity contribution in [2.24, 2.45) is 23.7 Å². The fourth-order valence-electron chi connectivity index (χ4n) is 8.41. The quantitative estimate of drug-likeness (QED) is 0.238. The molecule has 0 spiro atoms. The van der Waals surface area contributed by atoms with E-state index < -0.39 is 108 Å². The van der Waals surface area contributed by atoms with Crippen LogP contribution < -0.4 is 0 Å². The van der Waals surface area contributed by atoms with E-state index in [-0.39, 0.29) is 31.4 Å². The van der Waals surface area contributed by atoms with E-state index in [1.165, 1.54) is 27.9 Å². The Labute approximate surface area is 304 Å². The van der Waals surface area contributed by atoms with E-state index in [9.17, 15) is 35.1 Å². The zero-order valence-corrected chi connectivity index (χ0v) is 32.9. The highest BCUT2D eigenvalue weighted by atomic mass is 16.7. The Bertz CT molecular complexity index is 1170. The summed E-state index contributed by atoms with van der Waals surface area (Å²) >= 11 is 0. The van der Waals surface area contributed by atoms with Crippen molar-refractivity contribution in [1.29, 1.82) is 0 Å². The highest BCUT2D eigenvalue weighted by Gasteiger charge is 2.53. The lowest BCUT2D eigenvalue weighted by atomic mass is 9.74. The molecule has 18 atom stereocenters. The van der Waals surface area contributed by atoms with Gasteiger partial charge in [-0.3, -0.25) is 9.59 Å². The first kappa shape index (κ1) is 44.1. The van der Waals surface area contributed by atoms with Crippen molar-refractivity contribution in [2.75, 3.05) is 21.2 Å². The lowest BCUT2D eigenvalue weighted by Crippen LogP contribution is -2.61. The maximum Gasteiger partial charge on any atom is 0.311 e. The Kier molecular flexibility index (Phi) is 14.7. The number of methoxy groups -OCH3 is 1. The van der Waals surface area contributed by atoms with Gasteiger partial charge in [0.25, 0.3) is 0 Å². The molecular formula is C37H67NO13. The molecule has 0 aromatic rings. The SMILES string of the molecule is CC[C@H]1OC(=O)[C@H](C)[C@@H](O[C@H]2CC(C)(OC)[C@@H](O)[C@@H](C)O2)[C@H](C)[C@@H](O[C@@H]2O[C@H](C)CC(N(C)C)C2O)[C@](C)(O)C[C@@H](C)C(=O)[C@H](C)[C@@H](O)[C@]1(C)O. The Hall–Kier alpha value is -1.30. The van der Waals surface area contributed by atoms with Crippen LogP contribution in [-0.2, 0) is 38.0 Å². The number of carbonyl (C=O) groups excluding carboxylic acids is 2. The van der Waals surface area contributed by atoms with Crippen LogP contribution in [0.3, 0.4) is 0 Å². The summed E-state index contributed by atoms with van der Waals surface area (Å²) in [6.45, 7) is 16.3. The van der Waals surface area contributed by atoms with Gasteiger partial charge in [-0.25, -0.2) is 0 Å². The van der Waals surface area contributed by atoms with Crippen LogP contribution >= 0.6 is 0 Å². The molecule has 3 unspecified atom stereocenters. The Morgan fingerprint density at radius 1 is 0.882 bits per heavy atom. The Morgan fingerprint density at radius 2 is 1.49 bits per heavy atom. The second-order valence-corrected chi connectivity index (χ2v) is 16.5. The summed E-state index contributed by atoms with van der Waals surface area (Å²) in [6, 6.07) is -0.324. The van der Waals surface area contributed by atoms with Crippen LogP contribution in [0, 0.1) is 23.7 Å². The molecule has 0 amide bonds. The van der Waals surface area contributed by atoms with E-state index in [1.807, 2.05) is 25.9 Å². The number of Topliss-reactive ketones (excluding diaryl/α,β-unsaturated/α-hetero) is 1. The third kappa shape index (κ3) is 9.51. The molecule has 298 valence electrons.